The molecule has 0 radical (unpaired) electrons. The Bertz CT molecular complexity index is 1970. The van der Waals surface area contributed by atoms with Gasteiger partial charge in [-0.2, -0.15) is 5.26 Å². The normalized spacial score (nSPS) is 10.1. The molecular formula is C39H35F2N5O4. The molecule has 0 bridgehead atoms. The van der Waals surface area contributed by atoms with E-state index in [9.17, 15) is 23.6 Å². The summed E-state index contributed by atoms with van der Waals surface area (Å²) in [6.45, 7) is 3.13. The number of halogens is 2. The fourth-order valence-corrected chi connectivity index (χ4v) is 5.10. The summed E-state index contributed by atoms with van der Waals surface area (Å²) in [5, 5.41) is 15.1. The molecule has 4 aromatic rings. The number of rotatable bonds is 11. The smallest absolute Gasteiger partial charge is 0.411 e. The standard InChI is InChI=1S/C39H35F2N5O4/c1-5-19-45(25-28-9-13-32(40)14-10-28)35-21-27(2)37(44-39(48)50-4)30(22-35)8-6-7-20-46(26-29-11-15-33(41)16-12-29)34-17-18-36(31(23-34)24-42)43-38(47)49-3/h1,9-18,21-23H,8,19-20,25-26H2,2-4H3,(H,43,47)(H,44,48). The first-order valence-electron chi connectivity index (χ1n) is 15.4. The third-order valence-electron chi connectivity index (χ3n) is 7.62. The molecule has 50 heavy (non-hydrogen) atoms. The van der Waals surface area contributed by atoms with E-state index in [2.05, 4.69) is 39.2 Å². The molecule has 0 aromatic heterocycles. The minimum absolute atomic E-state index is 0.216. The van der Waals surface area contributed by atoms with Gasteiger partial charge in [0.25, 0.3) is 0 Å². The van der Waals surface area contributed by atoms with Gasteiger partial charge in [0.15, 0.2) is 0 Å². The van der Waals surface area contributed by atoms with Gasteiger partial charge in [0.1, 0.15) is 17.7 Å². The van der Waals surface area contributed by atoms with Gasteiger partial charge in [-0.3, -0.25) is 10.6 Å². The van der Waals surface area contributed by atoms with Crippen LogP contribution in [0.3, 0.4) is 0 Å². The zero-order chi connectivity index (χ0) is 36.0. The Morgan fingerprint density at radius 2 is 1.36 bits per heavy atom. The average Bonchev–Trinajstić information content (AvgIpc) is 3.12. The second-order valence-corrected chi connectivity index (χ2v) is 11.1. The van der Waals surface area contributed by atoms with Crippen molar-refractivity contribution in [1.29, 1.82) is 5.26 Å². The highest BCUT2D eigenvalue weighted by Crippen LogP contribution is 2.30. The van der Waals surface area contributed by atoms with E-state index in [0.717, 1.165) is 22.4 Å². The number of carbonyl (C=O) groups is 2. The summed E-state index contributed by atoms with van der Waals surface area (Å²) in [5.74, 6) is 8.38. The van der Waals surface area contributed by atoms with E-state index in [1.165, 1.54) is 38.5 Å². The van der Waals surface area contributed by atoms with Crippen LogP contribution in [-0.2, 0) is 29.0 Å². The minimum Gasteiger partial charge on any atom is -0.453 e. The summed E-state index contributed by atoms with van der Waals surface area (Å²) in [4.78, 5) is 27.9. The van der Waals surface area contributed by atoms with Crippen molar-refractivity contribution >= 4 is 34.9 Å². The Balaban J connectivity index is 1.66. The summed E-state index contributed by atoms with van der Waals surface area (Å²) in [6.07, 6.45) is 4.61. The highest BCUT2D eigenvalue weighted by molar-refractivity contribution is 5.88. The van der Waals surface area contributed by atoms with E-state index in [1.807, 2.05) is 28.9 Å². The number of terminal acetylenes is 1. The SMILES string of the molecule is C#CCN(Cc1ccc(F)cc1)c1cc(C)c(NC(=O)OC)c(CC#CCN(Cc2ccc(F)cc2)c2ccc(NC(=O)OC)c(C#N)c2)c1. The molecule has 0 aliphatic carbocycles. The first kappa shape index (κ1) is 36.3. The molecule has 0 fully saturated rings. The van der Waals surface area contributed by atoms with Gasteiger partial charge in [0.2, 0.25) is 0 Å². The van der Waals surface area contributed by atoms with Crippen LogP contribution in [0.25, 0.3) is 0 Å². The molecule has 254 valence electrons. The summed E-state index contributed by atoms with van der Waals surface area (Å²) < 4.78 is 36.7. The molecule has 4 aromatic carbocycles. The molecule has 0 atom stereocenters. The van der Waals surface area contributed by atoms with Crippen LogP contribution in [0.1, 0.15) is 27.8 Å². The third kappa shape index (κ3) is 10.00. The molecule has 0 aliphatic rings. The number of amides is 2. The van der Waals surface area contributed by atoms with Crippen LogP contribution in [-0.4, -0.2) is 39.5 Å². The van der Waals surface area contributed by atoms with E-state index in [1.54, 1.807) is 42.5 Å². The summed E-state index contributed by atoms with van der Waals surface area (Å²) in [5.41, 5.74) is 5.64. The maximum Gasteiger partial charge on any atom is 0.411 e. The van der Waals surface area contributed by atoms with Crippen molar-refractivity contribution in [2.45, 2.75) is 26.4 Å². The monoisotopic (exact) mass is 675 g/mol. The molecule has 2 N–H and O–H groups in total. The Labute approximate surface area is 290 Å². The van der Waals surface area contributed by atoms with Crippen molar-refractivity contribution in [3.63, 3.8) is 0 Å². The predicted molar refractivity (Wildman–Crippen MR) is 190 cm³/mol. The minimum atomic E-state index is -0.707. The number of anilines is 4. The molecule has 11 heteroatoms. The number of hydrogen-bond acceptors (Lipinski definition) is 7. The molecule has 9 nitrogen and oxygen atoms in total. The number of benzene rings is 4. The Kier molecular flexibility index (Phi) is 12.8. The van der Waals surface area contributed by atoms with Gasteiger partial charge >= 0.3 is 12.2 Å². The van der Waals surface area contributed by atoms with E-state index in [4.69, 9.17) is 11.2 Å². The van der Waals surface area contributed by atoms with E-state index < -0.39 is 12.2 Å². The van der Waals surface area contributed by atoms with E-state index >= 15 is 0 Å². The third-order valence-corrected chi connectivity index (χ3v) is 7.62. The van der Waals surface area contributed by atoms with Crippen molar-refractivity contribution in [2.24, 2.45) is 0 Å². The number of aryl methyl sites for hydroxylation is 1. The second-order valence-electron chi connectivity index (χ2n) is 11.1. The summed E-state index contributed by atoms with van der Waals surface area (Å²) in [6, 6.07) is 23.1. The zero-order valence-corrected chi connectivity index (χ0v) is 27.8. The lowest BCUT2D eigenvalue weighted by molar-refractivity contribution is 0.186. The highest BCUT2D eigenvalue weighted by atomic mass is 19.1. The Morgan fingerprint density at radius 3 is 1.92 bits per heavy atom. The molecular weight excluding hydrogens is 640 g/mol. The number of carbonyl (C=O) groups excluding carboxylic acids is 2. The van der Waals surface area contributed by atoms with Crippen LogP contribution >= 0.6 is 0 Å². The largest absolute Gasteiger partial charge is 0.453 e. The van der Waals surface area contributed by atoms with Crippen molar-refractivity contribution in [1.82, 2.24) is 0 Å². The lowest BCUT2D eigenvalue weighted by Crippen LogP contribution is -2.24. The summed E-state index contributed by atoms with van der Waals surface area (Å²) >= 11 is 0. The van der Waals surface area contributed by atoms with Gasteiger partial charge < -0.3 is 19.3 Å². The van der Waals surface area contributed by atoms with Gasteiger partial charge in [0, 0.05) is 30.9 Å². The number of nitrogens with one attached hydrogen (secondary N) is 2. The molecule has 0 spiro atoms. The molecule has 0 aliphatic heterocycles. The Hall–Kier alpha value is -6.51. The van der Waals surface area contributed by atoms with Crippen LogP contribution in [0.2, 0.25) is 0 Å². The van der Waals surface area contributed by atoms with Crippen LogP contribution in [0.5, 0.6) is 0 Å². The maximum absolute atomic E-state index is 13.7. The van der Waals surface area contributed by atoms with Crippen LogP contribution < -0.4 is 20.4 Å². The van der Waals surface area contributed by atoms with Crippen LogP contribution in [0.15, 0.2) is 78.9 Å². The van der Waals surface area contributed by atoms with E-state index in [0.29, 0.717) is 30.0 Å². The van der Waals surface area contributed by atoms with Crippen LogP contribution in [0, 0.1) is 54.1 Å². The van der Waals surface area contributed by atoms with Gasteiger partial charge in [-0.05, 0) is 83.8 Å². The average molecular weight is 676 g/mol. The van der Waals surface area contributed by atoms with Crippen molar-refractivity contribution in [3.8, 4) is 30.3 Å². The maximum atomic E-state index is 13.7. The fourth-order valence-electron chi connectivity index (χ4n) is 5.10. The lowest BCUT2D eigenvalue weighted by Gasteiger charge is -2.25. The quantitative estimate of drug-likeness (QED) is 0.160. The van der Waals surface area contributed by atoms with Gasteiger partial charge in [-0.15, -0.1) is 6.42 Å². The molecule has 4 rings (SSSR count). The highest BCUT2D eigenvalue weighted by Gasteiger charge is 2.16. The van der Waals surface area contributed by atoms with Gasteiger partial charge in [-0.1, -0.05) is 42.0 Å². The van der Waals surface area contributed by atoms with Gasteiger partial charge in [-0.25, -0.2) is 18.4 Å². The van der Waals surface area contributed by atoms with Crippen molar-refractivity contribution < 1.29 is 27.8 Å². The first-order valence-corrected chi connectivity index (χ1v) is 15.4. The Morgan fingerprint density at radius 1 is 0.780 bits per heavy atom. The molecule has 2 amide bonds. The first-order chi connectivity index (χ1) is 24.1. The lowest BCUT2D eigenvalue weighted by atomic mass is 10.0. The second kappa shape index (κ2) is 17.6. The zero-order valence-electron chi connectivity index (χ0n) is 27.8. The predicted octanol–water partition coefficient (Wildman–Crippen LogP) is 7.39. The topological polar surface area (TPSA) is 107 Å². The number of methoxy groups -OCH3 is 2. The molecule has 0 saturated heterocycles. The van der Waals surface area contributed by atoms with Crippen molar-refractivity contribution in [2.75, 3.05) is 47.7 Å². The van der Waals surface area contributed by atoms with Gasteiger partial charge in [0.05, 0.1) is 44.2 Å². The van der Waals surface area contributed by atoms with E-state index in [-0.39, 0.29) is 42.4 Å². The number of hydrogen-bond donors (Lipinski definition) is 2. The molecule has 0 saturated carbocycles. The number of ether oxygens (including phenoxy) is 2. The van der Waals surface area contributed by atoms with Crippen molar-refractivity contribution in [3.05, 3.63) is 118 Å². The fraction of sp³-hybridized carbons (Fsp3) is 0.205. The molecule has 0 heterocycles. The summed E-state index contributed by atoms with van der Waals surface area (Å²) in [7, 11) is 2.51. The molecule has 0 unspecified atom stereocenters. The number of nitriles is 1. The number of nitrogens with zero attached hydrogens (tertiary/aromatic N) is 3. The van der Waals surface area contributed by atoms with Crippen LogP contribution in [0.4, 0.5) is 41.1 Å².